The summed E-state index contributed by atoms with van der Waals surface area (Å²) in [4.78, 5) is 13.2. The highest BCUT2D eigenvalue weighted by molar-refractivity contribution is 5.87. The number of para-hydroxylation sites is 1. The SMILES string of the molecule is Cc1cc(O)c(C)c2c1OC(C)(C(=O)Cn1c[n+](-c3ccccc3)c(C)n1)CC2. The van der Waals surface area contributed by atoms with E-state index in [0.717, 1.165) is 34.0 Å². The molecule has 150 valence electrons. The number of aromatic hydroxyl groups is 1. The van der Waals surface area contributed by atoms with Crippen LogP contribution in [0.2, 0.25) is 0 Å². The van der Waals surface area contributed by atoms with E-state index >= 15 is 0 Å². The Hall–Kier alpha value is -3.15. The number of carbonyl (C=O) groups is 1. The highest BCUT2D eigenvalue weighted by Gasteiger charge is 2.41. The van der Waals surface area contributed by atoms with Crippen LogP contribution in [-0.2, 0) is 17.8 Å². The maximum Gasteiger partial charge on any atom is 0.279 e. The van der Waals surface area contributed by atoms with E-state index in [1.54, 1.807) is 10.7 Å². The summed E-state index contributed by atoms with van der Waals surface area (Å²) >= 11 is 0. The quantitative estimate of drug-likeness (QED) is 0.693. The standard InChI is InChI=1S/C23H25N3O3/c1-15-12-20(27)16(2)19-10-11-23(4,29-22(15)19)21(28)13-25-14-26(17(3)24-25)18-8-6-5-7-9-18/h5-9,12,14H,10-11,13H2,1-4H3/p+1. The monoisotopic (exact) mass is 392 g/mol. The molecule has 29 heavy (non-hydrogen) atoms. The van der Waals surface area contributed by atoms with Crippen LogP contribution in [0.5, 0.6) is 11.5 Å². The number of benzene rings is 2. The molecular formula is C23H26N3O3+. The number of nitrogens with zero attached hydrogens (tertiary/aromatic N) is 3. The van der Waals surface area contributed by atoms with Gasteiger partial charge in [0.25, 0.3) is 5.82 Å². The highest BCUT2D eigenvalue weighted by Crippen LogP contribution is 2.41. The molecule has 1 atom stereocenters. The van der Waals surface area contributed by atoms with Crippen LogP contribution >= 0.6 is 0 Å². The van der Waals surface area contributed by atoms with Crippen molar-refractivity contribution in [3.63, 3.8) is 0 Å². The highest BCUT2D eigenvalue weighted by atomic mass is 16.5. The number of Topliss-reactive ketones (excluding diaryl/α,β-unsaturated/α-hetero) is 1. The molecule has 6 nitrogen and oxygen atoms in total. The molecule has 0 fully saturated rings. The van der Waals surface area contributed by atoms with E-state index in [-0.39, 0.29) is 18.1 Å². The van der Waals surface area contributed by atoms with Crippen LogP contribution in [0.25, 0.3) is 5.69 Å². The van der Waals surface area contributed by atoms with Crippen LogP contribution in [-0.4, -0.2) is 26.3 Å². The molecule has 6 heteroatoms. The zero-order valence-corrected chi connectivity index (χ0v) is 17.3. The Morgan fingerprint density at radius 1 is 1.28 bits per heavy atom. The third kappa shape index (κ3) is 3.39. The largest absolute Gasteiger partial charge is 0.508 e. The first-order chi connectivity index (χ1) is 13.8. The van der Waals surface area contributed by atoms with Crippen molar-refractivity contribution >= 4 is 5.78 Å². The molecule has 0 spiro atoms. The Morgan fingerprint density at radius 3 is 2.72 bits per heavy atom. The van der Waals surface area contributed by atoms with E-state index < -0.39 is 5.60 Å². The van der Waals surface area contributed by atoms with Gasteiger partial charge in [-0.15, -0.1) is 4.68 Å². The van der Waals surface area contributed by atoms with E-state index in [4.69, 9.17) is 4.74 Å². The van der Waals surface area contributed by atoms with Crippen LogP contribution < -0.4 is 9.30 Å². The number of aryl methyl sites for hydroxylation is 2. The summed E-state index contributed by atoms with van der Waals surface area (Å²) < 4.78 is 9.86. The first-order valence-corrected chi connectivity index (χ1v) is 9.84. The van der Waals surface area contributed by atoms with Gasteiger partial charge in [-0.05, 0) is 62.9 Å². The molecule has 2 aromatic carbocycles. The molecule has 1 N–H and O–H groups in total. The molecule has 0 saturated heterocycles. The van der Waals surface area contributed by atoms with E-state index in [0.29, 0.717) is 12.8 Å². The van der Waals surface area contributed by atoms with E-state index in [1.165, 1.54) is 0 Å². The molecule has 0 amide bonds. The summed E-state index contributed by atoms with van der Waals surface area (Å²) in [5.41, 5.74) is 2.75. The summed E-state index contributed by atoms with van der Waals surface area (Å²) in [5, 5.41) is 14.6. The lowest BCUT2D eigenvalue weighted by Gasteiger charge is -2.35. The second-order valence-corrected chi connectivity index (χ2v) is 7.97. The second kappa shape index (κ2) is 7.03. The number of rotatable bonds is 4. The Morgan fingerprint density at radius 2 is 2.00 bits per heavy atom. The smallest absolute Gasteiger partial charge is 0.279 e. The van der Waals surface area contributed by atoms with Gasteiger partial charge in [-0.25, -0.2) is 4.57 Å². The van der Waals surface area contributed by atoms with Crippen molar-refractivity contribution < 1.29 is 19.2 Å². The van der Waals surface area contributed by atoms with Crippen LogP contribution in [0.1, 0.15) is 35.9 Å². The van der Waals surface area contributed by atoms with Gasteiger partial charge < -0.3 is 9.84 Å². The minimum Gasteiger partial charge on any atom is -0.508 e. The summed E-state index contributed by atoms with van der Waals surface area (Å²) in [7, 11) is 0. The molecule has 0 radical (unpaired) electrons. The molecular weight excluding hydrogens is 366 g/mol. The van der Waals surface area contributed by atoms with E-state index in [9.17, 15) is 9.90 Å². The Labute approximate surface area is 170 Å². The number of carbonyl (C=O) groups excluding carboxylic acids is 1. The number of fused-ring (bicyclic) bond motifs is 1. The predicted octanol–water partition coefficient (Wildman–Crippen LogP) is 3.14. The molecule has 1 unspecified atom stereocenters. The van der Waals surface area contributed by atoms with Crippen LogP contribution in [0, 0.1) is 20.8 Å². The first-order valence-electron chi connectivity index (χ1n) is 9.84. The maximum atomic E-state index is 13.2. The Kier molecular flexibility index (Phi) is 4.65. The molecule has 0 aliphatic carbocycles. The summed E-state index contributed by atoms with van der Waals surface area (Å²) in [6.45, 7) is 7.69. The van der Waals surface area contributed by atoms with E-state index in [2.05, 4.69) is 5.10 Å². The number of ether oxygens (including phenoxy) is 1. The molecule has 4 rings (SSSR count). The number of hydrogen-bond acceptors (Lipinski definition) is 4. The third-order valence-corrected chi connectivity index (χ3v) is 5.80. The number of phenols is 1. The van der Waals surface area contributed by atoms with Crippen molar-refractivity contribution in [2.75, 3.05) is 0 Å². The van der Waals surface area contributed by atoms with Crippen molar-refractivity contribution in [2.24, 2.45) is 0 Å². The predicted molar refractivity (Wildman–Crippen MR) is 108 cm³/mol. The Bertz CT molecular complexity index is 1090. The fraction of sp³-hybridized carbons (Fsp3) is 0.348. The molecule has 3 aromatic rings. The molecule has 2 heterocycles. The molecule has 0 bridgehead atoms. The van der Waals surface area contributed by atoms with Crippen LogP contribution in [0.4, 0.5) is 0 Å². The van der Waals surface area contributed by atoms with Gasteiger partial charge in [0.15, 0.2) is 12.1 Å². The number of ketones is 1. The molecule has 1 aliphatic rings. The van der Waals surface area contributed by atoms with Crippen molar-refractivity contribution in [1.29, 1.82) is 0 Å². The van der Waals surface area contributed by atoms with Gasteiger partial charge in [-0.2, -0.15) is 0 Å². The van der Waals surface area contributed by atoms with Crippen molar-refractivity contribution in [3.8, 4) is 17.2 Å². The van der Waals surface area contributed by atoms with Gasteiger partial charge in [0.05, 0.1) is 0 Å². The number of phenolic OH excluding ortho intramolecular Hbond substituents is 1. The average molecular weight is 392 g/mol. The normalized spacial score (nSPS) is 18.2. The summed E-state index contributed by atoms with van der Waals surface area (Å²) in [6, 6.07) is 11.6. The summed E-state index contributed by atoms with van der Waals surface area (Å²) in [5.74, 6) is 1.79. The van der Waals surface area contributed by atoms with Gasteiger partial charge in [-0.3, -0.25) is 4.79 Å². The van der Waals surface area contributed by atoms with Crippen molar-refractivity contribution in [3.05, 3.63) is 65.2 Å². The van der Waals surface area contributed by atoms with E-state index in [1.807, 2.05) is 68.9 Å². The lowest BCUT2D eigenvalue weighted by Crippen LogP contribution is -2.46. The maximum absolute atomic E-state index is 13.2. The third-order valence-electron chi connectivity index (χ3n) is 5.80. The number of aromatic nitrogens is 3. The van der Waals surface area contributed by atoms with Crippen molar-refractivity contribution in [1.82, 2.24) is 9.78 Å². The lowest BCUT2D eigenvalue weighted by molar-refractivity contribution is -0.603. The van der Waals surface area contributed by atoms with Gasteiger partial charge in [0.2, 0.25) is 12.1 Å². The molecule has 1 aromatic heterocycles. The molecule has 1 aliphatic heterocycles. The van der Waals surface area contributed by atoms with Gasteiger partial charge in [0, 0.05) is 17.6 Å². The van der Waals surface area contributed by atoms with Crippen molar-refractivity contribution in [2.45, 2.75) is 52.7 Å². The van der Waals surface area contributed by atoms with Crippen LogP contribution in [0.15, 0.2) is 42.7 Å². The minimum atomic E-state index is -0.918. The van der Waals surface area contributed by atoms with Gasteiger partial charge >= 0.3 is 0 Å². The Balaban J connectivity index is 1.58. The fourth-order valence-corrected chi connectivity index (χ4v) is 3.93. The average Bonchev–Trinajstić information content (AvgIpc) is 3.07. The topological polar surface area (TPSA) is 68.2 Å². The molecule has 0 saturated carbocycles. The zero-order chi connectivity index (χ0) is 20.8. The van der Waals surface area contributed by atoms with Gasteiger partial charge in [-0.1, -0.05) is 18.2 Å². The second-order valence-electron chi connectivity index (χ2n) is 7.97. The fourth-order valence-electron chi connectivity index (χ4n) is 3.93. The summed E-state index contributed by atoms with van der Waals surface area (Å²) in [6.07, 6.45) is 3.11. The first kappa shape index (κ1) is 19.2. The lowest BCUT2D eigenvalue weighted by atomic mass is 9.86. The van der Waals surface area contributed by atoms with Crippen LogP contribution in [0.3, 0.4) is 0 Å². The van der Waals surface area contributed by atoms with Gasteiger partial charge in [0.1, 0.15) is 17.2 Å². The zero-order valence-electron chi connectivity index (χ0n) is 17.3. The minimum absolute atomic E-state index is 0.0176. The number of hydrogen-bond donors (Lipinski definition) is 1.